The monoisotopic (exact) mass is 264 g/mol. The van der Waals surface area contributed by atoms with Crippen LogP contribution in [0.4, 0.5) is 0 Å². The van der Waals surface area contributed by atoms with E-state index >= 15 is 0 Å². The molecule has 2 saturated carbocycles. The summed E-state index contributed by atoms with van der Waals surface area (Å²) in [6, 6.07) is 1.18. The molecule has 2 atom stereocenters. The molecular weight excluding hydrogens is 236 g/mol. The van der Waals surface area contributed by atoms with Gasteiger partial charge < -0.3 is 5.32 Å². The molecule has 3 aliphatic rings. The van der Waals surface area contributed by atoms with Crippen LogP contribution in [0.5, 0.6) is 0 Å². The van der Waals surface area contributed by atoms with E-state index in [-0.39, 0.29) is 5.91 Å². The van der Waals surface area contributed by atoms with Crippen molar-refractivity contribution in [2.24, 2.45) is 5.92 Å². The van der Waals surface area contributed by atoms with E-state index in [9.17, 15) is 4.79 Å². The number of amides is 1. The minimum Gasteiger partial charge on any atom is -0.352 e. The van der Waals surface area contributed by atoms with Crippen molar-refractivity contribution in [3.05, 3.63) is 0 Å². The topological polar surface area (TPSA) is 32.3 Å². The molecule has 0 aromatic carbocycles. The Kier molecular flexibility index (Phi) is 4.42. The Morgan fingerprint density at radius 3 is 2.47 bits per heavy atom. The molecule has 1 N–H and O–H groups in total. The summed E-state index contributed by atoms with van der Waals surface area (Å²) in [7, 11) is 0. The summed E-state index contributed by atoms with van der Waals surface area (Å²) >= 11 is 0. The van der Waals surface area contributed by atoms with Gasteiger partial charge in [0.1, 0.15) is 0 Å². The van der Waals surface area contributed by atoms with E-state index in [4.69, 9.17) is 0 Å². The average Bonchev–Trinajstić information content (AvgIpc) is 2.92. The van der Waals surface area contributed by atoms with Crippen molar-refractivity contribution in [3.8, 4) is 0 Å². The Morgan fingerprint density at radius 2 is 1.63 bits per heavy atom. The van der Waals surface area contributed by atoms with E-state index in [1.54, 1.807) is 0 Å². The minimum absolute atomic E-state index is 0.276. The average molecular weight is 264 g/mol. The molecule has 3 fully saturated rings. The van der Waals surface area contributed by atoms with Crippen LogP contribution in [0, 0.1) is 5.92 Å². The van der Waals surface area contributed by atoms with Gasteiger partial charge in [0.15, 0.2) is 0 Å². The highest BCUT2D eigenvalue weighted by molar-refractivity contribution is 5.78. The highest BCUT2D eigenvalue weighted by Gasteiger charge is 2.34. The number of hydrogen-bond acceptors (Lipinski definition) is 2. The molecule has 3 heteroatoms. The van der Waals surface area contributed by atoms with Gasteiger partial charge in [0, 0.05) is 12.1 Å². The smallest absolute Gasteiger partial charge is 0.234 e. The number of rotatable bonds is 3. The highest BCUT2D eigenvalue weighted by Crippen LogP contribution is 2.34. The summed E-state index contributed by atoms with van der Waals surface area (Å²) in [5, 5.41) is 3.24. The lowest BCUT2D eigenvalue weighted by molar-refractivity contribution is -0.124. The predicted octanol–water partition coefficient (Wildman–Crippen LogP) is 2.70. The van der Waals surface area contributed by atoms with Crippen LogP contribution in [0.15, 0.2) is 0 Å². The first-order chi connectivity index (χ1) is 9.33. The van der Waals surface area contributed by atoms with E-state index in [0.29, 0.717) is 18.6 Å². The van der Waals surface area contributed by atoms with Gasteiger partial charge in [-0.3, -0.25) is 9.69 Å². The third-order valence-electron chi connectivity index (χ3n) is 5.43. The van der Waals surface area contributed by atoms with Crippen molar-refractivity contribution < 1.29 is 4.79 Å². The van der Waals surface area contributed by atoms with Crippen LogP contribution in [-0.4, -0.2) is 36.0 Å². The quantitative estimate of drug-likeness (QED) is 0.850. The molecule has 0 aromatic heterocycles. The van der Waals surface area contributed by atoms with Crippen molar-refractivity contribution in [2.45, 2.75) is 76.3 Å². The van der Waals surface area contributed by atoms with Gasteiger partial charge in [-0.25, -0.2) is 0 Å². The van der Waals surface area contributed by atoms with Gasteiger partial charge in [-0.1, -0.05) is 25.7 Å². The molecule has 1 amide bonds. The summed E-state index contributed by atoms with van der Waals surface area (Å²) in [5.74, 6) is 1.15. The van der Waals surface area contributed by atoms with Crippen molar-refractivity contribution in [1.82, 2.24) is 10.2 Å². The zero-order valence-electron chi connectivity index (χ0n) is 12.1. The zero-order valence-corrected chi connectivity index (χ0v) is 12.1. The summed E-state index contributed by atoms with van der Waals surface area (Å²) in [6.45, 7) is 1.79. The molecule has 0 spiro atoms. The molecule has 0 radical (unpaired) electrons. The van der Waals surface area contributed by atoms with Gasteiger partial charge in [-0.05, 0) is 51.0 Å². The number of carbonyl (C=O) groups excluding carboxylic acids is 1. The van der Waals surface area contributed by atoms with Gasteiger partial charge in [0.2, 0.25) is 5.91 Å². The van der Waals surface area contributed by atoms with Gasteiger partial charge >= 0.3 is 0 Å². The molecule has 1 heterocycles. The molecule has 1 aliphatic heterocycles. The zero-order chi connectivity index (χ0) is 13.1. The maximum atomic E-state index is 12.2. The van der Waals surface area contributed by atoms with E-state index in [2.05, 4.69) is 10.2 Å². The lowest BCUT2D eigenvalue weighted by Crippen LogP contribution is -2.51. The lowest BCUT2D eigenvalue weighted by atomic mass is 9.78. The fraction of sp³-hybridized carbons (Fsp3) is 0.938. The third kappa shape index (κ3) is 3.31. The Balaban J connectivity index is 1.51. The van der Waals surface area contributed by atoms with Crippen LogP contribution < -0.4 is 5.32 Å². The van der Waals surface area contributed by atoms with Gasteiger partial charge in [0.05, 0.1) is 6.54 Å². The summed E-state index contributed by atoms with van der Waals surface area (Å²) < 4.78 is 0. The first kappa shape index (κ1) is 13.4. The minimum atomic E-state index is 0.276. The number of hydrogen-bond donors (Lipinski definition) is 1. The van der Waals surface area contributed by atoms with Crippen molar-refractivity contribution in [3.63, 3.8) is 0 Å². The number of nitrogens with one attached hydrogen (secondary N) is 1. The van der Waals surface area contributed by atoms with E-state index in [1.807, 2.05) is 0 Å². The number of fused-ring (bicyclic) bond motifs is 1. The number of piperidine rings is 1. The molecule has 2 unspecified atom stereocenters. The first-order valence-electron chi connectivity index (χ1n) is 8.36. The summed E-state index contributed by atoms with van der Waals surface area (Å²) in [5.41, 5.74) is 0. The molecule has 108 valence electrons. The van der Waals surface area contributed by atoms with Gasteiger partial charge in [0.25, 0.3) is 0 Å². The van der Waals surface area contributed by atoms with E-state index in [1.165, 1.54) is 64.2 Å². The van der Waals surface area contributed by atoms with Crippen molar-refractivity contribution >= 4 is 5.91 Å². The first-order valence-corrected chi connectivity index (χ1v) is 8.36. The lowest BCUT2D eigenvalue weighted by Gasteiger charge is -2.43. The van der Waals surface area contributed by atoms with Crippen LogP contribution in [0.2, 0.25) is 0 Å². The van der Waals surface area contributed by atoms with E-state index < -0.39 is 0 Å². The van der Waals surface area contributed by atoms with Crippen molar-refractivity contribution in [2.75, 3.05) is 13.1 Å². The molecule has 0 bridgehead atoms. The Hall–Kier alpha value is -0.570. The van der Waals surface area contributed by atoms with E-state index in [0.717, 1.165) is 12.5 Å². The molecule has 1 saturated heterocycles. The fourth-order valence-corrected chi connectivity index (χ4v) is 4.45. The number of carbonyl (C=O) groups is 1. The van der Waals surface area contributed by atoms with Crippen LogP contribution >= 0.6 is 0 Å². The van der Waals surface area contributed by atoms with Crippen LogP contribution in [0.3, 0.4) is 0 Å². The Labute approximate surface area is 117 Å². The molecule has 0 aromatic rings. The maximum absolute atomic E-state index is 12.2. The Morgan fingerprint density at radius 1 is 0.947 bits per heavy atom. The molecular formula is C16H28N2O. The van der Waals surface area contributed by atoms with Crippen LogP contribution in [0.25, 0.3) is 0 Å². The largest absolute Gasteiger partial charge is 0.352 e. The second-order valence-corrected chi connectivity index (χ2v) is 6.77. The second-order valence-electron chi connectivity index (χ2n) is 6.77. The summed E-state index contributed by atoms with van der Waals surface area (Å²) in [6.07, 6.45) is 13.1. The molecule has 3 rings (SSSR count). The van der Waals surface area contributed by atoms with Crippen molar-refractivity contribution in [1.29, 1.82) is 0 Å². The van der Waals surface area contributed by atoms with Gasteiger partial charge in [-0.15, -0.1) is 0 Å². The molecule has 19 heavy (non-hydrogen) atoms. The Bertz CT molecular complexity index is 310. The summed E-state index contributed by atoms with van der Waals surface area (Å²) in [4.78, 5) is 14.7. The highest BCUT2D eigenvalue weighted by atomic mass is 16.2. The predicted molar refractivity (Wildman–Crippen MR) is 77.0 cm³/mol. The number of nitrogens with zero attached hydrogens (tertiary/aromatic N) is 1. The third-order valence-corrected chi connectivity index (χ3v) is 5.43. The normalized spacial score (nSPS) is 33.1. The fourth-order valence-electron chi connectivity index (χ4n) is 4.45. The SMILES string of the molecule is O=C(CN1CCCC2CCCCC21)NC1CCCC1. The van der Waals surface area contributed by atoms with Crippen LogP contribution in [0.1, 0.15) is 64.2 Å². The number of likely N-dealkylation sites (tertiary alicyclic amines) is 1. The maximum Gasteiger partial charge on any atom is 0.234 e. The molecule has 3 nitrogen and oxygen atoms in total. The van der Waals surface area contributed by atoms with Gasteiger partial charge in [-0.2, -0.15) is 0 Å². The standard InChI is InChI=1S/C16H28N2O/c19-16(17-14-8-2-3-9-14)12-18-11-5-7-13-6-1-4-10-15(13)18/h13-15H,1-12H2,(H,17,19). The molecule has 2 aliphatic carbocycles. The second kappa shape index (κ2) is 6.25. The van der Waals surface area contributed by atoms with Crippen LogP contribution in [-0.2, 0) is 4.79 Å².